The van der Waals surface area contributed by atoms with Crippen LogP contribution >= 0.6 is 11.6 Å². The molecule has 0 amide bonds. The van der Waals surface area contributed by atoms with Gasteiger partial charge >= 0.3 is 12.4 Å². The van der Waals surface area contributed by atoms with E-state index in [4.69, 9.17) is 16.3 Å². The third-order valence-corrected chi connectivity index (χ3v) is 9.54. The summed E-state index contributed by atoms with van der Waals surface area (Å²) in [5, 5.41) is 9.67. The van der Waals surface area contributed by atoms with Crippen molar-refractivity contribution >= 4 is 21.4 Å². The third kappa shape index (κ3) is 9.33. The van der Waals surface area contributed by atoms with Gasteiger partial charge in [-0.3, -0.25) is 4.90 Å². The van der Waals surface area contributed by atoms with Gasteiger partial charge in [-0.25, -0.2) is 12.8 Å². The topological polar surface area (TPSA) is 66.8 Å². The molecule has 49 heavy (non-hydrogen) atoms. The molecule has 0 aliphatic carbocycles. The predicted molar refractivity (Wildman–Crippen MR) is 172 cm³/mol. The molecule has 14 heteroatoms. The van der Waals surface area contributed by atoms with E-state index in [1.54, 1.807) is 0 Å². The monoisotopic (exact) mass is 731 g/mol. The molecule has 0 aliphatic rings. The van der Waals surface area contributed by atoms with Gasteiger partial charge in [-0.1, -0.05) is 84.4 Å². The Kier molecular flexibility index (Phi) is 11.7. The highest BCUT2D eigenvalue weighted by Gasteiger charge is 2.54. The maximum atomic E-state index is 15.1. The SMILES string of the molecule is CC(O)(c1c(F)cc(OCCCN(Cc2cccc(C(F)(F)F)c2Cl)CC(c2ccccc2)c2ccccc2)cc1S(C)(=O)=O)C(F)(F)F. The van der Waals surface area contributed by atoms with Crippen molar-refractivity contribution in [2.24, 2.45) is 0 Å². The van der Waals surface area contributed by atoms with Crippen LogP contribution in [0.1, 0.15) is 47.1 Å². The van der Waals surface area contributed by atoms with Crippen LogP contribution in [0.25, 0.3) is 0 Å². The molecule has 1 unspecified atom stereocenters. The van der Waals surface area contributed by atoms with Gasteiger partial charge < -0.3 is 9.84 Å². The number of alkyl halides is 6. The molecule has 1 N–H and O–H groups in total. The zero-order valence-corrected chi connectivity index (χ0v) is 27.9. The maximum absolute atomic E-state index is 15.1. The van der Waals surface area contributed by atoms with Crippen molar-refractivity contribution < 1.29 is 49.0 Å². The maximum Gasteiger partial charge on any atom is 0.421 e. The molecule has 4 rings (SSSR count). The highest BCUT2D eigenvalue weighted by molar-refractivity contribution is 7.90. The summed E-state index contributed by atoms with van der Waals surface area (Å²) in [6.45, 7) is 0.628. The van der Waals surface area contributed by atoms with E-state index in [1.165, 1.54) is 12.1 Å². The van der Waals surface area contributed by atoms with Crippen LogP contribution in [0.4, 0.5) is 30.7 Å². The number of halogens is 8. The second-order valence-corrected chi connectivity index (χ2v) is 14.1. The Morgan fingerprint density at radius 3 is 1.96 bits per heavy atom. The van der Waals surface area contributed by atoms with Gasteiger partial charge in [0.2, 0.25) is 0 Å². The lowest BCUT2D eigenvalue weighted by Gasteiger charge is -2.29. The van der Waals surface area contributed by atoms with Gasteiger partial charge in [-0.05, 0) is 42.2 Å². The highest BCUT2D eigenvalue weighted by Crippen LogP contribution is 2.43. The van der Waals surface area contributed by atoms with Gasteiger partial charge in [0.1, 0.15) is 11.6 Å². The molecule has 0 spiro atoms. The number of aliphatic hydroxyl groups is 1. The molecular weight excluding hydrogens is 699 g/mol. The normalized spacial score (nSPS) is 13.9. The number of rotatable bonds is 13. The average Bonchev–Trinajstić information content (AvgIpc) is 3.01. The van der Waals surface area contributed by atoms with Crippen LogP contribution in [-0.4, -0.2) is 50.6 Å². The first kappa shape index (κ1) is 38.2. The van der Waals surface area contributed by atoms with Gasteiger partial charge in [0.15, 0.2) is 15.4 Å². The summed E-state index contributed by atoms with van der Waals surface area (Å²) in [7, 11) is -4.47. The quantitative estimate of drug-likeness (QED) is 0.110. The standard InChI is InChI=1S/C35H33ClF7NO4S/c1-33(45,35(41,42)43)31-29(37)19-26(20-30(31)49(2,46)47)48-18-10-17-44(21-25-15-9-16-28(32(25)36)34(38,39)40)22-27(23-11-5-3-6-12-23)24-13-7-4-8-14-24/h3-9,11-16,19-20,27,45H,10,17-18,21-22H2,1-2H3. The van der Waals surface area contributed by atoms with Crippen LogP contribution in [0.15, 0.2) is 95.9 Å². The van der Waals surface area contributed by atoms with Crippen molar-refractivity contribution in [3.8, 4) is 5.75 Å². The molecule has 0 bridgehead atoms. The summed E-state index contributed by atoms with van der Waals surface area (Å²) >= 11 is 6.24. The van der Waals surface area contributed by atoms with Crippen LogP contribution in [0.2, 0.25) is 5.02 Å². The summed E-state index contributed by atoms with van der Waals surface area (Å²) in [5.41, 5.74) is -4.12. The number of sulfone groups is 1. The highest BCUT2D eigenvalue weighted by atomic mass is 35.5. The van der Waals surface area contributed by atoms with Crippen LogP contribution in [0, 0.1) is 5.82 Å². The van der Waals surface area contributed by atoms with E-state index >= 15 is 4.39 Å². The number of nitrogens with zero attached hydrogens (tertiary/aromatic N) is 1. The lowest BCUT2D eigenvalue weighted by molar-refractivity contribution is -0.260. The molecule has 0 radical (unpaired) electrons. The Hall–Kier alpha value is -3.65. The fourth-order valence-electron chi connectivity index (χ4n) is 5.45. The summed E-state index contributed by atoms with van der Waals surface area (Å²) in [5.74, 6) is -2.23. The Labute approximate surface area is 284 Å². The summed E-state index contributed by atoms with van der Waals surface area (Å²) in [6.07, 6.45) is -9.30. The minimum atomic E-state index is -5.39. The van der Waals surface area contributed by atoms with Crippen LogP contribution in [-0.2, 0) is 28.2 Å². The van der Waals surface area contributed by atoms with Crippen LogP contribution in [0.3, 0.4) is 0 Å². The number of hydrogen-bond acceptors (Lipinski definition) is 5. The average molecular weight is 732 g/mol. The Morgan fingerprint density at radius 1 is 0.878 bits per heavy atom. The second-order valence-electron chi connectivity index (χ2n) is 11.7. The smallest absolute Gasteiger partial charge is 0.421 e. The van der Waals surface area contributed by atoms with Crippen molar-refractivity contribution in [2.75, 3.05) is 26.0 Å². The first-order valence-corrected chi connectivity index (χ1v) is 17.2. The number of ether oxygens (including phenoxy) is 1. The van der Waals surface area contributed by atoms with Crippen molar-refractivity contribution in [3.05, 3.63) is 130 Å². The van der Waals surface area contributed by atoms with Crippen molar-refractivity contribution in [1.82, 2.24) is 4.90 Å². The Morgan fingerprint density at radius 2 is 1.45 bits per heavy atom. The fourth-order valence-corrected chi connectivity index (χ4v) is 6.74. The number of hydrogen-bond donors (Lipinski definition) is 1. The second kappa shape index (κ2) is 15.1. The van der Waals surface area contributed by atoms with Gasteiger partial charge in [-0.15, -0.1) is 0 Å². The zero-order chi connectivity index (χ0) is 36.2. The van der Waals surface area contributed by atoms with Crippen molar-refractivity contribution in [2.45, 2.75) is 48.7 Å². The summed E-state index contributed by atoms with van der Waals surface area (Å²) in [6, 6.07) is 23.9. The van der Waals surface area contributed by atoms with Crippen molar-refractivity contribution in [1.29, 1.82) is 0 Å². The third-order valence-electron chi connectivity index (χ3n) is 7.98. The van der Waals surface area contributed by atoms with E-state index in [2.05, 4.69) is 0 Å². The zero-order valence-electron chi connectivity index (χ0n) is 26.3. The minimum absolute atomic E-state index is 0.00694. The van der Waals surface area contributed by atoms with E-state index in [0.717, 1.165) is 23.3 Å². The molecule has 0 fully saturated rings. The molecule has 0 saturated carbocycles. The first-order valence-electron chi connectivity index (χ1n) is 14.9. The number of benzene rings is 4. The van der Waals surface area contributed by atoms with E-state index in [9.17, 15) is 39.9 Å². The molecule has 4 aromatic carbocycles. The summed E-state index contributed by atoms with van der Waals surface area (Å²) < 4.78 is 127. The molecule has 0 aliphatic heterocycles. The van der Waals surface area contributed by atoms with Gasteiger partial charge in [-0.2, -0.15) is 26.3 Å². The molecular formula is C35H33ClF7NO4S. The van der Waals surface area contributed by atoms with E-state index < -0.39 is 60.4 Å². The molecule has 0 heterocycles. The van der Waals surface area contributed by atoms with Gasteiger partial charge in [0.05, 0.1) is 22.1 Å². The predicted octanol–water partition coefficient (Wildman–Crippen LogP) is 8.77. The molecule has 5 nitrogen and oxygen atoms in total. The lowest BCUT2D eigenvalue weighted by atomic mass is 9.90. The Bertz CT molecular complexity index is 1800. The molecule has 264 valence electrons. The first-order chi connectivity index (χ1) is 22.8. The minimum Gasteiger partial charge on any atom is -0.493 e. The molecule has 0 saturated heterocycles. The van der Waals surface area contributed by atoms with E-state index in [0.29, 0.717) is 18.9 Å². The van der Waals surface area contributed by atoms with Crippen LogP contribution < -0.4 is 4.74 Å². The molecule has 0 aromatic heterocycles. The largest absolute Gasteiger partial charge is 0.493 e. The fraction of sp³-hybridized carbons (Fsp3) is 0.314. The Balaban J connectivity index is 1.62. The lowest BCUT2D eigenvalue weighted by Crippen LogP contribution is -2.41. The van der Waals surface area contributed by atoms with Crippen LogP contribution in [0.5, 0.6) is 5.75 Å². The molecule has 1 atom stereocenters. The molecule has 4 aromatic rings. The van der Waals surface area contributed by atoms with Gasteiger partial charge in [0, 0.05) is 43.4 Å². The van der Waals surface area contributed by atoms with Crippen molar-refractivity contribution in [3.63, 3.8) is 0 Å². The van der Waals surface area contributed by atoms with E-state index in [1.807, 2.05) is 65.6 Å². The summed E-state index contributed by atoms with van der Waals surface area (Å²) in [4.78, 5) is 0.792. The van der Waals surface area contributed by atoms with Gasteiger partial charge in [0.25, 0.3) is 0 Å². The van der Waals surface area contributed by atoms with E-state index in [-0.39, 0.29) is 44.5 Å².